The fraction of sp³-hybridized carbons (Fsp3) is 0.250. The fourth-order valence-electron chi connectivity index (χ4n) is 3.36. The minimum absolute atomic E-state index is 0.0777. The molecule has 11 heteroatoms. The van der Waals surface area contributed by atoms with Crippen molar-refractivity contribution in [1.29, 1.82) is 0 Å². The Morgan fingerprint density at radius 1 is 1.16 bits per heavy atom. The Kier molecular flexibility index (Phi) is 6.33. The fourth-order valence-corrected chi connectivity index (χ4v) is 6.25. The van der Waals surface area contributed by atoms with Crippen molar-refractivity contribution in [2.24, 2.45) is 0 Å². The second-order valence-corrected chi connectivity index (χ2v) is 10.4. The van der Waals surface area contributed by atoms with E-state index >= 15 is 0 Å². The quantitative estimate of drug-likeness (QED) is 0.592. The van der Waals surface area contributed by atoms with Gasteiger partial charge in [0.1, 0.15) is 15.7 Å². The van der Waals surface area contributed by atoms with Crippen LogP contribution in [0.1, 0.15) is 33.6 Å². The van der Waals surface area contributed by atoms with Gasteiger partial charge in [0.05, 0.1) is 5.02 Å². The molecular weight excluding hydrogens is 463 g/mol. The predicted molar refractivity (Wildman–Crippen MR) is 116 cm³/mol. The summed E-state index contributed by atoms with van der Waals surface area (Å²) in [5.74, 6) is -1.02. The van der Waals surface area contributed by atoms with Crippen molar-refractivity contribution in [2.45, 2.75) is 23.7 Å². The first-order chi connectivity index (χ1) is 14.8. The number of halogens is 2. The average Bonchev–Trinajstić information content (AvgIpc) is 3.26. The highest BCUT2D eigenvalue weighted by molar-refractivity contribution is 7.89. The number of hydrogen-bond acceptors (Lipinski definition) is 6. The first-order valence-corrected chi connectivity index (χ1v) is 12.1. The van der Waals surface area contributed by atoms with Crippen LogP contribution < -0.4 is 5.32 Å². The van der Waals surface area contributed by atoms with Crippen molar-refractivity contribution in [2.75, 3.05) is 18.4 Å². The van der Waals surface area contributed by atoms with Gasteiger partial charge < -0.3 is 5.32 Å². The van der Waals surface area contributed by atoms with Gasteiger partial charge in [-0.15, -0.1) is 10.2 Å². The zero-order valence-corrected chi connectivity index (χ0v) is 18.6. The number of benzene rings is 2. The molecule has 4 rings (SSSR count). The van der Waals surface area contributed by atoms with Crippen LogP contribution in [0.15, 0.2) is 53.4 Å². The zero-order valence-electron chi connectivity index (χ0n) is 16.2. The SMILES string of the molecule is O=C(Nc1ccc(F)cc1)c1nnc([C@@H]2CCCN(S(=O)(=O)c3ccccc3Cl)C2)s1. The van der Waals surface area contributed by atoms with Crippen molar-refractivity contribution in [3.63, 3.8) is 0 Å². The van der Waals surface area contributed by atoms with Crippen LogP contribution in [0.2, 0.25) is 5.02 Å². The molecule has 1 fully saturated rings. The molecule has 1 atom stereocenters. The summed E-state index contributed by atoms with van der Waals surface area (Å²) in [7, 11) is -3.74. The number of hydrogen-bond donors (Lipinski definition) is 1. The van der Waals surface area contributed by atoms with E-state index in [4.69, 9.17) is 11.6 Å². The third kappa shape index (κ3) is 4.77. The smallest absolute Gasteiger partial charge is 0.286 e. The number of amides is 1. The maximum absolute atomic E-state index is 13.0. The summed E-state index contributed by atoms with van der Waals surface area (Å²) in [5.41, 5.74) is 0.442. The lowest BCUT2D eigenvalue weighted by Crippen LogP contribution is -2.39. The minimum Gasteiger partial charge on any atom is -0.320 e. The third-order valence-corrected chi connectivity index (χ3v) is 8.37. The van der Waals surface area contributed by atoms with Gasteiger partial charge in [-0.25, -0.2) is 12.8 Å². The van der Waals surface area contributed by atoms with Crippen LogP contribution in [0.3, 0.4) is 0 Å². The molecule has 162 valence electrons. The Bertz CT molecular complexity index is 1200. The van der Waals surface area contributed by atoms with Gasteiger partial charge in [-0.2, -0.15) is 4.31 Å². The van der Waals surface area contributed by atoms with Crippen LogP contribution in [0.4, 0.5) is 10.1 Å². The van der Waals surface area contributed by atoms with Gasteiger partial charge in [-0.05, 0) is 49.2 Å². The van der Waals surface area contributed by atoms with Gasteiger partial charge in [0.2, 0.25) is 15.0 Å². The highest BCUT2D eigenvalue weighted by Crippen LogP contribution is 2.33. The number of piperidine rings is 1. The molecule has 2 heterocycles. The monoisotopic (exact) mass is 480 g/mol. The van der Waals surface area contributed by atoms with E-state index in [9.17, 15) is 17.6 Å². The molecule has 2 aromatic carbocycles. The molecule has 0 unspecified atom stereocenters. The van der Waals surface area contributed by atoms with Gasteiger partial charge in [-0.1, -0.05) is 35.1 Å². The topological polar surface area (TPSA) is 92.3 Å². The molecular formula is C20H18ClFN4O3S2. The highest BCUT2D eigenvalue weighted by atomic mass is 35.5. The van der Waals surface area contributed by atoms with Gasteiger partial charge >= 0.3 is 0 Å². The van der Waals surface area contributed by atoms with Crippen LogP contribution in [-0.4, -0.2) is 41.9 Å². The molecule has 1 saturated heterocycles. The van der Waals surface area contributed by atoms with Crippen LogP contribution in [0, 0.1) is 5.82 Å². The largest absolute Gasteiger partial charge is 0.320 e. The number of carbonyl (C=O) groups is 1. The molecule has 1 amide bonds. The van der Waals surface area contributed by atoms with Gasteiger partial charge in [-0.3, -0.25) is 4.79 Å². The summed E-state index contributed by atoms with van der Waals surface area (Å²) < 4.78 is 40.5. The number of sulfonamides is 1. The van der Waals surface area contributed by atoms with E-state index in [1.54, 1.807) is 18.2 Å². The Balaban J connectivity index is 1.48. The summed E-state index contributed by atoms with van der Waals surface area (Å²) in [6.45, 7) is 0.628. The second-order valence-electron chi connectivity index (χ2n) is 7.04. The lowest BCUT2D eigenvalue weighted by atomic mass is 10.0. The number of carbonyl (C=O) groups excluding carboxylic acids is 1. The zero-order chi connectivity index (χ0) is 22.0. The molecule has 0 radical (unpaired) electrons. The van der Waals surface area contributed by atoms with Gasteiger partial charge in [0.25, 0.3) is 5.91 Å². The minimum atomic E-state index is -3.74. The Morgan fingerprint density at radius 2 is 1.90 bits per heavy atom. The van der Waals surface area contributed by atoms with Crippen molar-refractivity contribution in [1.82, 2.24) is 14.5 Å². The number of nitrogens with zero attached hydrogens (tertiary/aromatic N) is 3. The molecule has 7 nitrogen and oxygen atoms in total. The molecule has 0 spiro atoms. The highest BCUT2D eigenvalue weighted by Gasteiger charge is 2.33. The standard InChI is InChI=1S/C20H18ClFN4O3S2/c21-16-5-1-2-6-17(16)31(28,29)26-11-3-4-13(12-26)19-24-25-20(30-19)18(27)23-15-9-7-14(22)8-10-15/h1-2,5-10,13H,3-4,11-12H2,(H,23,27)/t13-/m1/s1. The first-order valence-electron chi connectivity index (χ1n) is 9.49. The maximum Gasteiger partial charge on any atom is 0.286 e. The lowest BCUT2D eigenvalue weighted by molar-refractivity contribution is 0.102. The molecule has 1 aromatic heterocycles. The maximum atomic E-state index is 13.0. The molecule has 0 bridgehead atoms. The summed E-state index contributed by atoms with van der Waals surface area (Å²) in [6, 6.07) is 11.8. The van der Waals surface area contributed by atoms with Crippen LogP contribution in [-0.2, 0) is 10.0 Å². The van der Waals surface area contributed by atoms with Crippen molar-refractivity contribution in [3.05, 3.63) is 69.4 Å². The average molecular weight is 481 g/mol. The van der Waals surface area contributed by atoms with Crippen molar-refractivity contribution >= 4 is 44.6 Å². The Morgan fingerprint density at radius 3 is 2.65 bits per heavy atom. The first kappa shape index (κ1) is 21.8. The third-order valence-electron chi connectivity index (χ3n) is 4.92. The number of rotatable bonds is 5. The van der Waals surface area contributed by atoms with E-state index in [2.05, 4.69) is 15.5 Å². The van der Waals surface area contributed by atoms with E-state index < -0.39 is 21.7 Å². The van der Waals surface area contributed by atoms with Crippen LogP contribution in [0.25, 0.3) is 0 Å². The van der Waals surface area contributed by atoms with E-state index in [-0.39, 0.29) is 27.4 Å². The van der Waals surface area contributed by atoms with E-state index in [0.29, 0.717) is 23.7 Å². The summed E-state index contributed by atoms with van der Waals surface area (Å²) in [4.78, 5) is 12.5. The molecule has 1 aliphatic rings. The van der Waals surface area contributed by atoms with E-state index in [0.717, 1.165) is 17.8 Å². The molecule has 3 aromatic rings. The molecule has 31 heavy (non-hydrogen) atoms. The van der Waals surface area contributed by atoms with E-state index in [1.807, 2.05) is 0 Å². The predicted octanol–water partition coefficient (Wildman–Crippen LogP) is 4.15. The van der Waals surface area contributed by atoms with Crippen molar-refractivity contribution < 1.29 is 17.6 Å². The normalized spacial score (nSPS) is 17.4. The van der Waals surface area contributed by atoms with E-state index in [1.165, 1.54) is 34.6 Å². The summed E-state index contributed by atoms with van der Waals surface area (Å²) >= 11 is 7.23. The van der Waals surface area contributed by atoms with Gasteiger partial charge in [0, 0.05) is 24.7 Å². The molecule has 1 N–H and O–H groups in total. The second kappa shape index (κ2) is 8.99. The number of nitrogens with one attached hydrogen (secondary N) is 1. The lowest BCUT2D eigenvalue weighted by Gasteiger charge is -2.30. The number of anilines is 1. The van der Waals surface area contributed by atoms with Gasteiger partial charge in [0.15, 0.2) is 0 Å². The van der Waals surface area contributed by atoms with Crippen LogP contribution in [0.5, 0.6) is 0 Å². The Labute approximate surface area is 187 Å². The Hall–Kier alpha value is -2.40. The molecule has 0 aliphatic carbocycles. The molecule has 1 aliphatic heterocycles. The van der Waals surface area contributed by atoms with Crippen molar-refractivity contribution in [3.8, 4) is 0 Å². The number of aromatic nitrogens is 2. The summed E-state index contributed by atoms with van der Waals surface area (Å²) in [5, 5.41) is 11.7. The van der Waals surface area contributed by atoms with Crippen LogP contribution >= 0.6 is 22.9 Å². The molecule has 0 saturated carbocycles. The summed E-state index contributed by atoms with van der Waals surface area (Å²) in [6.07, 6.45) is 1.40.